The molecule has 0 radical (unpaired) electrons. The molecule has 1 aromatic carbocycles. The lowest BCUT2D eigenvalue weighted by Gasteiger charge is -2.23. The van der Waals surface area contributed by atoms with Gasteiger partial charge < -0.3 is 9.64 Å². The lowest BCUT2D eigenvalue weighted by molar-refractivity contribution is -0.137. The van der Waals surface area contributed by atoms with Gasteiger partial charge in [0.25, 0.3) is 5.91 Å². The molecule has 1 atom stereocenters. The quantitative estimate of drug-likeness (QED) is 0.763. The van der Waals surface area contributed by atoms with E-state index in [0.29, 0.717) is 0 Å². The molecule has 0 fully saturated rings. The minimum atomic E-state index is -0.428. The summed E-state index contributed by atoms with van der Waals surface area (Å²) in [6.45, 7) is 7.16. The first kappa shape index (κ1) is 12.6. The summed E-state index contributed by atoms with van der Waals surface area (Å²) in [7, 11) is 0. The van der Waals surface area contributed by atoms with Gasteiger partial charge in [-0.1, -0.05) is 18.2 Å². The third-order valence-corrected chi connectivity index (χ3v) is 2.48. The van der Waals surface area contributed by atoms with Crippen LogP contribution in [0.2, 0.25) is 0 Å². The summed E-state index contributed by atoms with van der Waals surface area (Å²) in [5.74, 6) is 0.768. The summed E-state index contributed by atoms with van der Waals surface area (Å²) in [4.78, 5) is 13.7. The summed E-state index contributed by atoms with van der Waals surface area (Å²) in [6.07, 6.45) is -0.428. The zero-order valence-electron chi connectivity index (χ0n) is 10.1. The molecule has 0 saturated carbocycles. The molecule has 0 N–H and O–H groups in total. The van der Waals surface area contributed by atoms with Gasteiger partial charge in [-0.05, 0) is 32.9 Å². The topological polar surface area (TPSA) is 29.5 Å². The van der Waals surface area contributed by atoms with Gasteiger partial charge in [-0.25, -0.2) is 0 Å². The molecule has 0 spiro atoms. The molecule has 0 aliphatic heterocycles. The molecule has 1 rings (SSSR count). The fourth-order valence-electron chi connectivity index (χ4n) is 1.55. The summed E-state index contributed by atoms with van der Waals surface area (Å²) in [5.41, 5.74) is 0. The summed E-state index contributed by atoms with van der Waals surface area (Å²) >= 11 is 0. The van der Waals surface area contributed by atoms with Gasteiger partial charge in [-0.15, -0.1) is 0 Å². The van der Waals surface area contributed by atoms with Crippen molar-refractivity contribution in [3.8, 4) is 5.75 Å². The maximum Gasteiger partial charge on any atom is 0.263 e. The molecule has 88 valence electrons. The number of likely N-dealkylation sites (N-methyl/N-ethyl adjacent to an activating group) is 1. The van der Waals surface area contributed by atoms with Crippen molar-refractivity contribution < 1.29 is 9.53 Å². The van der Waals surface area contributed by atoms with Gasteiger partial charge in [0.2, 0.25) is 0 Å². The molecule has 0 aliphatic carbocycles. The minimum Gasteiger partial charge on any atom is -0.481 e. The average Bonchev–Trinajstić information content (AvgIpc) is 2.31. The first-order valence-corrected chi connectivity index (χ1v) is 5.69. The molecule has 1 aromatic rings. The van der Waals surface area contributed by atoms with E-state index in [4.69, 9.17) is 4.74 Å². The number of rotatable bonds is 5. The van der Waals surface area contributed by atoms with Gasteiger partial charge in [0.15, 0.2) is 6.10 Å². The molecule has 1 amide bonds. The Hall–Kier alpha value is -1.51. The van der Waals surface area contributed by atoms with Crippen molar-refractivity contribution in [3.05, 3.63) is 30.3 Å². The minimum absolute atomic E-state index is 0.0360. The van der Waals surface area contributed by atoms with Crippen LogP contribution in [0.5, 0.6) is 5.75 Å². The normalized spacial score (nSPS) is 11.9. The number of carbonyl (C=O) groups is 1. The Kier molecular flexibility index (Phi) is 4.83. The number of amides is 1. The Morgan fingerprint density at radius 3 is 2.31 bits per heavy atom. The molecule has 0 saturated heterocycles. The van der Waals surface area contributed by atoms with Crippen molar-refractivity contribution in [3.63, 3.8) is 0 Å². The Bertz CT molecular complexity index is 320. The molecular formula is C13H19NO2. The van der Waals surface area contributed by atoms with E-state index >= 15 is 0 Å². The standard InChI is InChI=1S/C13H19NO2/c1-4-14(5-2)13(15)11(3)16-12-9-7-6-8-10-12/h6-11H,4-5H2,1-3H3/t11-/m0/s1. The van der Waals surface area contributed by atoms with E-state index in [1.54, 1.807) is 11.8 Å². The van der Waals surface area contributed by atoms with Crippen LogP contribution in [0.15, 0.2) is 30.3 Å². The third kappa shape index (κ3) is 3.26. The number of para-hydroxylation sites is 1. The highest BCUT2D eigenvalue weighted by molar-refractivity contribution is 5.80. The van der Waals surface area contributed by atoms with Crippen LogP contribution in [0.4, 0.5) is 0 Å². The molecule has 16 heavy (non-hydrogen) atoms. The maximum atomic E-state index is 11.9. The van der Waals surface area contributed by atoms with Gasteiger partial charge in [0.1, 0.15) is 5.75 Å². The highest BCUT2D eigenvalue weighted by atomic mass is 16.5. The molecule has 3 heteroatoms. The first-order chi connectivity index (χ1) is 7.69. The predicted molar refractivity (Wildman–Crippen MR) is 64.5 cm³/mol. The van der Waals surface area contributed by atoms with Crippen molar-refractivity contribution in [2.45, 2.75) is 26.9 Å². The van der Waals surface area contributed by atoms with E-state index in [9.17, 15) is 4.79 Å². The number of hydrogen-bond donors (Lipinski definition) is 0. The van der Waals surface area contributed by atoms with Crippen molar-refractivity contribution in [2.24, 2.45) is 0 Å². The van der Waals surface area contributed by atoms with E-state index in [-0.39, 0.29) is 5.91 Å². The van der Waals surface area contributed by atoms with Crippen LogP contribution < -0.4 is 4.74 Å². The van der Waals surface area contributed by atoms with E-state index in [1.165, 1.54) is 0 Å². The van der Waals surface area contributed by atoms with Crippen LogP contribution in [0.3, 0.4) is 0 Å². The van der Waals surface area contributed by atoms with Crippen LogP contribution in [-0.2, 0) is 4.79 Å². The van der Waals surface area contributed by atoms with E-state index in [2.05, 4.69) is 0 Å². The van der Waals surface area contributed by atoms with Crippen LogP contribution in [0, 0.1) is 0 Å². The Morgan fingerprint density at radius 1 is 1.25 bits per heavy atom. The second-order valence-corrected chi connectivity index (χ2v) is 3.58. The molecular weight excluding hydrogens is 202 g/mol. The van der Waals surface area contributed by atoms with Gasteiger partial charge in [-0.2, -0.15) is 0 Å². The maximum absolute atomic E-state index is 11.9. The summed E-state index contributed by atoms with van der Waals surface area (Å²) < 4.78 is 5.57. The summed E-state index contributed by atoms with van der Waals surface area (Å²) in [5, 5.41) is 0. The lowest BCUT2D eigenvalue weighted by Crippen LogP contribution is -2.40. The predicted octanol–water partition coefficient (Wildman–Crippen LogP) is 2.32. The Labute approximate surface area is 97.0 Å². The van der Waals surface area contributed by atoms with Crippen LogP contribution >= 0.6 is 0 Å². The van der Waals surface area contributed by atoms with Crippen molar-refractivity contribution in [1.29, 1.82) is 0 Å². The monoisotopic (exact) mass is 221 g/mol. The van der Waals surface area contributed by atoms with Gasteiger partial charge >= 0.3 is 0 Å². The Balaban J connectivity index is 2.58. The zero-order chi connectivity index (χ0) is 12.0. The molecule has 0 aromatic heterocycles. The van der Waals surface area contributed by atoms with E-state index in [1.807, 2.05) is 44.2 Å². The van der Waals surface area contributed by atoms with Crippen LogP contribution in [0.25, 0.3) is 0 Å². The average molecular weight is 221 g/mol. The first-order valence-electron chi connectivity index (χ1n) is 5.69. The number of benzene rings is 1. The molecule has 0 bridgehead atoms. The highest BCUT2D eigenvalue weighted by Gasteiger charge is 2.19. The van der Waals surface area contributed by atoms with Crippen LogP contribution in [0.1, 0.15) is 20.8 Å². The number of nitrogens with zero attached hydrogens (tertiary/aromatic N) is 1. The second-order valence-electron chi connectivity index (χ2n) is 3.58. The van der Waals surface area contributed by atoms with Crippen molar-refractivity contribution in [1.82, 2.24) is 4.90 Å². The van der Waals surface area contributed by atoms with E-state index < -0.39 is 6.10 Å². The molecule has 0 aliphatic rings. The van der Waals surface area contributed by atoms with Gasteiger partial charge in [-0.3, -0.25) is 4.79 Å². The molecule has 0 unspecified atom stereocenters. The third-order valence-electron chi connectivity index (χ3n) is 2.48. The number of ether oxygens (including phenoxy) is 1. The van der Waals surface area contributed by atoms with Crippen molar-refractivity contribution in [2.75, 3.05) is 13.1 Å². The van der Waals surface area contributed by atoms with Crippen LogP contribution in [-0.4, -0.2) is 30.0 Å². The molecule has 0 heterocycles. The Morgan fingerprint density at radius 2 is 1.81 bits per heavy atom. The zero-order valence-corrected chi connectivity index (χ0v) is 10.1. The van der Waals surface area contributed by atoms with Crippen molar-refractivity contribution >= 4 is 5.91 Å². The summed E-state index contributed by atoms with van der Waals surface area (Å²) in [6, 6.07) is 9.41. The smallest absolute Gasteiger partial charge is 0.263 e. The fourth-order valence-corrected chi connectivity index (χ4v) is 1.55. The second kappa shape index (κ2) is 6.16. The SMILES string of the molecule is CCN(CC)C(=O)[C@H](C)Oc1ccccc1. The lowest BCUT2D eigenvalue weighted by atomic mass is 10.3. The number of carbonyl (C=O) groups excluding carboxylic acids is 1. The van der Waals surface area contributed by atoms with E-state index in [0.717, 1.165) is 18.8 Å². The van der Waals surface area contributed by atoms with Gasteiger partial charge in [0, 0.05) is 13.1 Å². The highest BCUT2D eigenvalue weighted by Crippen LogP contribution is 2.11. The fraction of sp³-hybridized carbons (Fsp3) is 0.462. The molecule has 3 nitrogen and oxygen atoms in total. The number of hydrogen-bond acceptors (Lipinski definition) is 2. The largest absolute Gasteiger partial charge is 0.481 e. The van der Waals surface area contributed by atoms with Gasteiger partial charge in [0.05, 0.1) is 0 Å².